The first kappa shape index (κ1) is 16.2. The molecule has 20 heavy (non-hydrogen) atoms. The minimum absolute atomic E-state index is 0.343. The Balaban J connectivity index is 2.07. The third kappa shape index (κ3) is 7.57. The molecule has 0 spiro atoms. The van der Waals surface area contributed by atoms with Crippen LogP contribution in [-0.4, -0.2) is 54.0 Å². The van der Waals surface area contributed by atoms with Gasteiger partial charge in [0.2, 0.25) is 0 Å². The fourth-order valence-electron chi connectivity index (χ4n) is 1.49. The third-order valence-electron chi connectivity index (χ3n) is 2.78. The summed E-state index contributed by atoms with van der Waals surface area (Å²) in [7, 11) is 0. The van der Waals surface area contributed by atoms with E-state index in [0.29, 0.717) is 25.5 Å². The summed E-state index contributed by atoms with van der Waals surface area (Å²) in [5.74, 6) is -1.97. The summed E-state index contributed by atoms with van der Waals surface area (Å²) in [6, 6.07) is -2.13. The van der Waals surface area contributed by atoms with Crippen LogP contribution in [0.15, 0.2) is 0 Å². The van der Waals surface area contributed by atoms with Gasteiger partial charge in [-0.25, -0.2) is 9.59 Å². The fourth-order valence-corrected chi connectivity index (χ4v) is 1.49. The number of aliphatic carboxylic acids is 2. The van der Waals surface area contributed by atoms with Gasteiger partial charge in [0.15, 0.2) is 0 Å². The summed E-state index contributed by atoms with van der Waals surface area (Å²) in [6.07, 6.45) is 2.41. The summed E-state index contributed by atoms with van der Waals surface area (Å²) in [4.78, 5) is 32.5. The molecule has 1 aliphatic rings. The Kier molecular flexibility index (Phi) is 6.78. The highest BCUT2D eigenvalue weighted by atomic mass is 16.5. The molecule has 1 fully saturated rings. The Labute approximate surface area is 116 Å². The molecule has 0 aromatic heterocycles. The van der Waals surface area contributed by atoms with Gasteiger partial charge in [0.05, 0.1) is 6.42 Å². The average Bonchev–Trinajstić information content (AvgIpc) is 3.16. The van der Waals surface area contributed by atoms with Crippen LogP contribution in [0.5, 0.6) is 0 Å². The maximum absolute atomic E-state index is 11.4. The Morgan fingerprint density at radius 1 is 1.25 bits per heavy atom. The minimum Gasteiger partial charge on any atom is -0.481 e. The van der Waals surface area contributed by atoms with Crippen LogP contribution in [0.4, 0.5) is 4.79 Å². The van der Waals surface area contributed by atoms with E-state index in [9.17, 15) is 14.4 Å². The number of carboxylic acids is 2. The van der Waals surface area contributed by atoms with Crippen LogP contribution in [-0.2, 0) is 14.3 Å². The van der Waals surface area contributed by atoms with Crippen LogP contribution in [0, 0.1) is 5.92 Å². The second kappa shape index (κ2) is 8.36. The van der Waals surface area contributed by atoms with E-state index in [1.165, 1.54) is 12.8 Å². The molecule has 8 heteroatoms. The predicted molar refractivity (Wildman–Crippen MR) is 68.4 cm³/mol. The lowest BCUT2D eigenvalue weighted by Crippen LogP contribution is -2.47. The van der Waals surface area contributed by atoms with Gasteiger partial charge in [0, 0.05) is 19.8 Å². The third-order valence-corrected chi connectivity index (χ3v) is 2.78. The van der Waals surface area contributed by atoms with Gasteiger partial charge in [0.1, 0.15) is 6.04 Å². The van der Waals surface area contributed by atoms with Gasteiger partial charge in [-0.15, -0.1) is 0 Å². The molecule has 0 aromatic carbocycles. The number of rotatable bonds is 10. The van der Waals surface area contributed by atoms with Crippen molar-refractivity contribution in [3.05, 3.63) is 0 Å². The SMILES string of the molecule is O=C(O)CC(NC(=O)NCCCOCC1CC1)C(=O)O. The highest BCUT2D eigenvalue weighted by Crippen LogP contribution is 2.28. The zero-order valence-corrected chi connectivity index (χ0v) is 11.1. The smallest absolute Gasteiger partial charge is 0.326 e. The van der Waals surface area contributed by atoms with Gasteiger partial charge in [-0.2, -0.15) is 0 Å². The summed E-state index contributed by atoms with van der Waals surface area (Å²) >= 11 is 0. The topological polar surface area (TPSA) is 125 Å². The standard InChI is InChI=1S/C12H20N2O6/c15-10(16)6-9(11(17)18)14-12(19)13-4-1-5-20-7-8-2-3-8/h8-9H,1-7H2,(H,15,16)(H,17,18)(H2,13,14,19). The molecule has 0 saturated heterocycles. The molecular weight excluding hydrogens is 268 g/mol. The van der Waals surface area contributed by atoms with Gasteiger partial charge in [-0.3, -0.25) is 4.79 Å². The average molecular weight is 288 g/mol. The molecule has 8 nitrogen and oxygen atoms in total. The molecule has 0 heterocycles. The Morgan fingerprint density at radius 3 is 2.50 bits per heavy atom. The molecule has 1 rings (SSSR count). The molecular formula is C12H20N2O6. The van der Waals surface area contributed by atoms with E-state index in [0.717, 1.165) is 6.61 Å². The van der Waals surface area contributed by atoms with Crippen molar-refractivity contribution < 1.29 is 29.3 Å². The molecule has 0 bridgehead atoms. The largest absolute Gasteiger partial charge is 0.481 e. The van der Waals surface area contributed by atoms with Crippen LogP contribution >= 0.6 is 0 Å². The van der Waals surface area contributed by atoms with Crippen molar-refractivity contribution in [1.82, 2.24) is 10.6 Å². The van der Waals surface area contributed by atoms with Gasteiger partial charge in [0.25, 0.3) is 0 Å². The molecule has 0 aliphatic heterocycles. The number of carboxylic acid groups (broad SMARTS) is 2. The quantitative estimate of drug-likeness (QED) is 0.420. The molecule has 114 valence electrons. The monoisotopic (exact) mass is 288 g/mol. The summed E-state index contributed by atoms with van der Waals surface area (Å²) < 4.78 is 5.37. The molecule has 1 atom stereocenters. The number of urea groups is 1. The van der Waals surface area contributed by atoms with Crippen LogP contribution in [0.2, 0.25) is 0 Å². The minimum atomic E-state index is -1.43. The second-order valence-electron chi connectivity index (χ2n) is 4.76. The Bertz CT molecular complexity index is 356. The van der Waals surface area contributed by atoms with E-state index >= 15 is 0 Å². The van der Waals surface area contributed by atoms with Crippen molar-refractivity contribution in [2.24, 2.45) is 5.92 Å². The normalized spacial score (nSPS) is 15.4. The molecule has 4 N–H and O–H groups in total. The van der Waals surface area contributed by atoms with Gasteiger partial charge < -0.3 is 25.6 Å². The highest BCUT2D eigenvalue weighted by Gasteiger charge is 2.23. The fraction of sp³-hybridized carbons (Fsp3) is 0.750. The number of ether oxygens (including phenoxy) is 1. The van der Waals surface area contributed by atoms with Gasteiger partial charge in [-0.05, 0) is 25.2 Å². The Morgan fingerprint density at radius 2 is 1.95 bits per heavy atom. The molecule has 1 unspecified atom stereocenters. The van der Waals surface area contributed by atoms with E-state index in [-0.39, 0.29) is 0 Å². The van der Waals surface area contributed by atoms with E-state index in [2.05, 4.69) is 10.6 Å². The van der Waals surface area contributed by atoms with Crippen molar-refractivity contribution in [2.45, 2.75) is 31.7 Å². The lowest BCUT2D eigenvalue weighted by atomic mass is 10.2. The summed E-state index contributed by atoms with van der Waals surface area (Å²) in [5.41, 5.74) is 0. The number of nitrogens with one attached hydrogen (secondary N) is 2. The predicted octanol–water partition coefficient (Wildman–Crippen LogP) is 0.0302. The molecule has 1 aliphatic carbocycles. The molecule has 2 amide bonds. The van der Waals surface area contributed by atoms with E-state index in [1.54, 1.807) is 0 Å². The number of carbonyl (C=O) groups excluding carboxylic acids is 1. The number of hydrogen-bond acceptors (Lipinski definition) is 4. The number of carbonyl (C=O) groups is 3. The zero-order chi connectivity index (χ0) is 15.0. The van der Waals surface area contributed by atoms with Crippen LogP contribution in [0.3, 0.4) is 0 Å². The van der Waals surface area contributed by atoms with Crippen molar-refractivity contribution in [3.63, 3.8) is 0 Å². The van der Waals surface area contributed by atoms with E-state index in [4.69, 9.17) is 14.9 Å². The number of amides is 2. The van der Waals surface area contributed by atoms with Crippen molar-refractivity contribution >= 4 is 18.0 Å². The van der Waals surface area contributed by atoms with Gasteiger partial charge >= 0.3 is 18.0 Å². The molecule has 1 saturated carbocycles. The lowest BCUT2D eigenvalue weighted by Gasteiger charge is -2.13. The van der Waals surface area contributed by atoms with Crippen LogP contribution in [0.1, 0.15) is 25.7 Å². The summed E-state index contributed by atoms with van der Waals surface area (Å²) in [5, 5.41) is 21.8. The van der Waals surface area contributed by atoms with Crippen molar-refractivity contribution in [3.8, 4) is 0 Å². The van der Waals surface area contributed by atoms with Crippen LogP contribution < -0.4 is 10.6 Å². The highest BCUT2D eigenvalue weighted by molar-refractivity contribution is 5.86. The first-order valence-electron chi connectivity index (χ1n) is 6.55. The van der Waals surface area contributed by atoms with Crippen molar-refractivity contribution in [2.75, 3.05) is 19.8 Å². The first-order valence-corrected chi connectivity index (χ1v) is 6.55. The number of hydrogen-bond donors (Lipinski definition) is 4. The second-order valence-corrected chi connectivity index (χ2v) is 4.76. The van der Waals surface area contributed by atoms with Crippen molar-refractivity contribution in [1.29, 1.82) is 0 Å². The lowest BCUT2D eigenvalue weighted by molar-refractivity contribution is -0.145. The van der Waals surface area contributed by atoms with E-state index in [1.807, 2.05) is 0 Å². The van der Waals surface area contributed by atoms with Crippen LogP contribution in [0.25, 0.3) is 0 Å². The van der Waals surface area contributed by atoms with E-state index < -0.39 is 30.4 Å². The maximum atomic E-state index is 11.4. The zero-order valence-electron chi connectivity index (χ0n) is 11.1. The van der Waals surface area contributed by atoms with Gasteiger partial charge in [-0.1, -0.05) is 0 Å². The maximum Gasteiger partial charge on any atom is 0.326 e. The molecule has 0 radical (unpaired) electrons. The first-order chi connectivity index (χ1) is 9.49. The molecule has 0 aromatic rings. The Hall–Kier alpha value is -1.83. The summed E-state index contributed by atoms with van der Waals surface area (Å²) in [6.45, 7) is 1.63.